The fourth-order valence-corrected chi connectivity index (χ4v) is 1.60. The van der Waals surface area contributed by atoms with E-state index in [2.05, 4.69) is 31.2 Å². The standard InChI is InChI=1S/C8H10/c1-6-7-2-3-8(6)5-4-7/h2-8H,1H3. The molecule has 0 heterocycles. The van der Waals surface area contributed by atoms with Gasteiger partial charge in [-0.1, -0.05) is 31.2 Å². The van der Waals surface area contributed by atoms with E-state index in [1.54, 1.807) is 0 Å². The largest absolute Gasteiger partial charge is 0.0807 e. The molecule has 2 bridgehead atoms. The van der Waals surface area contributed by atoms with Gasteiger partial charge in [-0.2, -0.15) is 0 Å². The molecule has 0 spiro atoms. The molecule has 0 heteroatoms. The summed E-state index contributed by atoms with van der Waals surface area (Å²) in [6, 6.07) is 0. The van der Waals surface area contributed by atoms with Gasteiger partial charge in [-0.05, 0) is 17.8 Å². The Morgan fingerprint density at radius 2 is 1.25 bits per heavy atom. The van der Waals surface area contributed by atoms with Crippen LogP contribution in [0, 0.1) is 17.8 Å². The molecule has 0 unspecified atom stereocenters. The van der Waals surface area contributed by atoms with E-state index in [9.17, 15) is 0 Å². The minimum atomic E-state index is 0.778. The van der Waals surface area contributed by atoms with Crippen molar-refractivity contribution in [3.05, 3.63) is 24.3 Å². The summed E-state index contributed by atoms with van der Waals surface area (Å²) in [5.41, 5.74) is 0. The van der Waals surface area contributed by atoms with Gasteiger partial charge >= 0.3 is 0 Å². The maximum Gasteiger partial charge on any atom is -0.00188 e. The fourth-order valence-electron chi connectivity index (χ4n) is 1.60. The molecule has 0 saturated carbocycles. The van der Waals surface area contributed by atoms with Crippen molar-refractivity contribution in [2.24, 2.45) is 17.8 Å². The predicted molar refractivity (Wildman–Crippen MR) is 34.4 cm³/mol. The Kier molecular flexibility index (Phi) is 0.682. The molecule has 0 fully saturated rings. The third kappa shape index (κ3) is 0.360. The van der Waals surface area contributed by atoms with Gasteiger partial charge < -0.3 is 0 Å². The zero-order valence-corrected chi connectivity index (χ0v) is 5.04. The summed E-state index contributed by atoms with van der Waals surface area (Å²) in [7, 11) is 0. The van der Waals surface area contributed by atoms with Gasteiger partial charge in [0.05, 0.1) is 0 Å². The zero-order valence-electron chi connectivity index (χ0n) is 5.04. The number of allylic oxidation sites excluding steroid dienone is 4. The highest BCUT2D eigenvalue weighted by Crippen LogP contribution is 2.37. The van der Waals surface area contributed by atoms with E-state index in [0.717, 1.165) is 17.8 Å². The minimum absolute atomic E-state index is 0.778. The molecule has 0 atom stereocenters. The number of hydrogen-bond donors (Lipinski definition) is 0. The van der Waals surface area contributed by atoms with Crippen molar-refractivity contribution in [1.82, 2.24) is 0 Å². The maximum absolute atomic E-state index is 2.31. The second-order valence-corrected chi connectivity index (χ2v) is 2.78. The molecule has 0 radical (unpaired) electrons. The molecule has 0 amide bonds. The Labute approximate surface area is 49.9 Å². The highest BCUT2D eigenvalue weighted by molar-refractivity contribution is 5.24. The molecule has 8 heavy (non-hydrogen) atoms. The molecule has 0 N–H and O–H groups in total. The average Bonchev–Trinajstić information content (AvgIpc) is 2.29. The van der Waals surface area contributed by atoms with Crippen LogP contribution in [0.25, 0.3) is 0 Å². The van der Waals surface area contributed by atoms with E-state index in [1.807, 2.05) is 0 Å². The van der Waals surface area contributed by atoms with Crippen molar-refractivity contribution in [2.45, 2.75) is 6.92 Å². The lowest BCUT2D eigenvalue weighted by atomic mass is 9.98. The van der Waals surface area contributed by atoms with Gasteiger partial charge in [0.1, 0.15) is 0 Å². The van der Waals surface area contributed by atoms with Crippen LogP contribution >= 0.6 is 0 Å². The predicted octanol–water partition coefficient (Wildman–Crippen LogP) is 1.99. The van der Waals surface area contributed by atoms with E-state index in [-0.39, 0.29) is 0 Å². The maximum atomic E-state index is 2.31. The van der Waals surface area contributed by atoms with Crippen LogP contribution in [0.1, 0.15) is 6.92 Å². The number of hydrogen-bond acceptors (Lipinski definition) is 0. The van der Waals surface area contributed by atoms with Gasteiger partial charge in [-0.15, -0.1) is 0 Å². The summed E-state index contributed by atoms with van der Waals surface area (Å²) in [6.07, 6.45) is 9.26. The first-order valence-corrected chi connectivity index (χ1v) is 3.24. The van der Waals surface area contributed by atoms with Gasteiger partial charge in [-0.25, -0.2) is 0 Å². The van der Waals surface area contributed by atoms with Crippen molar-refractivity contribution in [3.8, 4) is 0 Å². The average molecular weight is 106 g/mol. The zero-order chi connectivity index (χ0) is 5.56. The van der Waals surface area contributed by atoms with Crippen molar-refractivity contribution in [3.63, 3.8) is 0 Å². The van der Waals surface area contributed by atoms with Crippen LogP contribution in [-0.4, -0.2) is 0 Å². The van der Waals surface area contributed by atoms with E-state index in [0.29, 0.717) is 0 Å². The third-order valence-corrected chi connectivity index (χ3v) is 2.33. The summed E-state index contributed by atoms with van der Waals surface area (Å²) in [4.78, 5) is 0. The Bertz CT molecular complexity index is 123. The highest BCUT2D eigenvalue weighted by atomic mass is 14.3. The summed E-state index contributed by atoms with van der Waals surface area (Å²) in [6.45, 7) is 2.31. The van der Waals surface area contributed by atoms with Gasteiger partial charge in [-0.3, -0.25) is 0 Å². The van der Waals surface area contributed by atoms with E-state index in [4.69, 9.17) is 0 Å². The molecule has 42 valence electrons. The Morgan fingerprint density at radius 3 is 1.38 bits per heavy atom. The Balaban J connectivity index is 2.34. The number of rotatable bonds is 0. The van der Waals surface area contributed by atoms with Crippen LogP contribution in [0.5, 0.6) is 0 Å². The van der Waals surface area contributed by atoms with Gasteiger partial charge in [0.2, 0.25) is 0 Å². The molecule has 0 aromatic heterocycles. The molecule has 2 aliphatic carbocycles. The van der Waals surface area contributed by atoms with Crippen LogP contribution in [0.3, 0.4) is 0 Å². The first kappa shape index (κ1) is 4.37. The molecule has 0 nitrogen and oxygen atoms in total. The van der Waals surface area contributed by atoms with Crippen molar-refractivity contribution < 1.29 is 0 Å². The fraction of sp³-hybridized carbons (Fsp3) is 0.500. The molecule has 2 rings (SSSR count). The lowest BCUT2D eigenvalue weighted by Crippen LogP contribution is -2.00. The molecule has 2 aliphatic rings. The summed E-state index contributed by atoms with van der Waals surface area (Å²) in [5, 5.41) is 0. The quantitative estimate of drug-likeness (QED) is 0.414. The third-order valence-electron chi connectivity index (χ3n) is 2.33. The Morgan fingerprint density at radius 1 is 0.875 bits per heavy atom. The first-order chi connectivity index (χ1) is 3.88. The van der Waals surface area contributed by atoms with Crippen molar-refractivity contribution >= 4 is 0 Å². The smallest absolute Gasteiger partial charge is 0.00188 e. The lowest BCUT2D eigenvalue weighted by Gasteiger charge is -2.05. The normalized spacial score (nSPS) is 48.9. The topological polar surface area (TPSA) is 0 Å². The second kappa shape index (κ2) is 1.25. The number of fused-ring (bicyclic) bond motifs is 2. The van der Waals surface area contributed by atoms with Gasteiger partial charge in [0.25, 0.3) is 0 Å². The van der Waals surface area contributed by atoms with Crippen LogP contribution < -0.4 is 0 Å². The van der Waals surface area contributed by atoms with Crippen molar-refractivity contribution in [2.75, 3.05) is 0 Å². The SMILES string of the molecule is CC1C2C=CC1C=C2. The minimum Gasteiger partial charge on any atom is -0.0807 e. The van der Waals surface area contributed by atoms with Crippen LogP contribution in [0.4, 0.5) is 0 Å². The van der Waals surface area contributed by atoms with E-state index in [1.165, 1.54) is 0 Å². The van der Waals surface area contributed by atoms with Crippen LogP contribution in [0.2, 0.25) is 0 Å². The van der Waals surface area contributed by atoms with Crippen LogP contribution in [-0.2, 0) is 0 Å². The summed E-state index contributed by atoms with van der Waals surface area (Å²) >= 11 is 0. The van der Waals surface area contributed by atoms with Gasteiger partial charge in [0, 0.05) is 0 Å². The molecular formula is C8H10. The van der Waals surface area contributed by atoms with E-state index >= 15 is 0 Å². The second-order valence-electron chi connectivity index (χ2n) is 2.78. The molecule has 0 saturated heterocycles. The molecule has 0 aromatic carbocycles. The molecule has 0 aliphatic heterocycles. The van der Waals surface area contributed by atoms with Gasteiger partial charge in [0.15, 0.2) is 0 Å². The van der Waals surface area contributed by atoms with E-state index < -0.39 is 0 Å². The lowest BCUT2D eigenvalue weighted by molar-refractivity contribution is 0.501. The molecule has 0 aromatic rings. The first-order valence-electron chi connectivity index (χ1n) is 3.24. The Hall–Kier alpha value is -0.520. The summed E-state index contributed by atoms with van der Waals surface area (Å²) in [5.74, 6) is 2.43. The van der Waals surface area contributed by atoms with Crippen molar-refractivity contribution in [1.29, 1.82) is 0 Å². The van der Waals surface area contributed by atoms with Crippen LogP contribution in [0.15, 0.2) is 24.3 Å². The monoisotopic (exact) mass is 106 g/mol. The highest BCUT2D eigenvalue weighted by Gasteiger charge is 2.28. The summed E-state index contributed by atoms with van der Waals surface area (Å²) < 4.78 is 0. The molecular weight excluding hydrogens is 96.1 g/mol.